The van der Waals surface area contributed by atoms with E-state index in [-0.39, 0.29) is 23.5 Å². The minimum atomic E-state index is -0.345. The molecule has 0 aliphatic carbocycles. The Bertz CT molecular complexity index is 1300. The SMILES string of the molecule is COc1ccc(-c2noc(CN3CCCC(C(=O)NC4CC(C)(C)Oc5ccc(C)cc54)C3)n2)cc1OC. The van der Waals surface area contributed by atoms with Crippen LogP contribution in [0.3, 0.4) is 0 Å². The van der Waals surface area contributed by atoms with Crippen molar-refractivity contribution >= 4 is 5.91 Å². The second kappa shape index (κ2) is 10.6. The summed E-state index contributed by atoms with van der Waals surface area (Å²) < 4.78 is 22.4. The van der Waals surface area contributed by atoms with Gasteiger partial charge in [0.2, 0.25) is 17.6 Å². The molecule has 3 aromatic rings. The molecule has 2 atom stereocenters. The summed E-state index contributed by atoms with van der Waals surface area (Å²) in [7, 11) is 3.19. The molecule has 5 rings (SSSR count). The van der Waals surface area contributed by atoms with Gasteiger partial charge in [-0.1, -0.05) is 22.9 Å². The molecule has 38 heavy (non-hydrogen) atoms. The van der Waals surface area contributed by atoms with Gasteiger partial charge in [0, 0.05) is 24.1 Å². The lowest BCUT2D eigenvalue weighted by atomic mass is 9.88. The van der Waals surface area contributed by atoms with Crippen LogP contribution in [0.1, 0.15) is 56.2 Å². The van der Waals surface area contributed by atoms with Crippen LogP contribution in [0.2, 0.25) is 0 Å². The zero-order valence-electron chi connectivity index (χ0n) is 22.7. The van der Waals surface area contributed by atoms with Crippen LogP contribution >= 0.6 is 0 Å². The summed E-state index contributed by atoms with van der Waals surface area (Å²) in [6.45, 7) is 8.22. The number of benzene rings is 2. The quantitative estimate of drug-likeness (QED) is 0.479. The van der Waals surface area contributed by atoms with Gasteiger partial charge in [0.1, 0.15) is 11.4 Å². The molecule has 0 spiro atoms. The van der Waals surface area contributed by atoms with Crippen molar-refractivity contribution in [3.63, 3.8) is 0 Å². The maximum absolute atomic E-state index is 13.4. The van der Waals surface area contributed by atoms with Crippen LogP contribution in [-0.2, 0) is 11.3 Å². The van der Waals surface area contributed by atoms with Gasteiger partial charge in [0.05, 0.1) is 32.7 Å². The molecule has 1 aromatic heterocycles. The lowest BCUT2D eigenvalue weighted by Crippen LogP contribution is -2.46. The second-order valence-electron chi connectivity index (χ2n) is 10.8. The van der Waals surface area contributed by atoms with Crippen LogP contribution in [0.25, 0.3) is 11.4 Å². The predicted octanol–water partition coefficient (Wildman–Crippen LogP) is 4.69. The fourth-order valence-corrected chi connectivity index (χ4v) is 5.41. The van der Waals surface area contributed by atoms with Crippen LogP contribution in [0, 0.1) is 12.8 Å². The van der Waals surface area contributed by atoms with E-state index in [4.69, 9.17) is 18.7 Å². The Labute approximate surface area is 223 Å². The number of nitrogens with one attached hydrogen (secondary N) is 1. The minimum Gasteiger partial charge on any atom is -0.493 e. The van der Waals surface area contributed by atoms with E-state index in [2.05, 4.69) is 47.2 Å². The summed E-state index contributed by atoms with van der Waals surface area (Å²) in [6.07, 6.45) is 2.52. The van der Waals surface area contributed by atoms with Gasteiger partial charge in [-0.25, -0.2) is 0 Å². The zero-order valence-corrected chi connectivity index (χ0v) is 22.7. The van der Waals surface area contributed by atoms with Crippen LogP contribution in [0.4, 0.5) is 0 Å². The third-order valence-electron chi connectivity index (χ3n) is 7.28. The van der Waals surface area contributed by atoms with Crippen LogP contribution in [-0.4, -0.2) is 53.9 Å². The van der Waals surface area contributed by atoms with E-state index in [1.807, 2.05) is 30.3 Å². The van der Waals surface area contributed by atoms with Crippen molar-refractivity contribution in [1.82, 2.24) is 20.4 Å². The first-order chi connectivity index (χ1) is 18.2. The monoisotopic (exact) mass is 520 g/mol. The first kappa shape index (κ1) is 26.0. The van der Waals surface area contributed by atoms with Crippen molar-refractivity contribution < 1.29 is 23.5 Å². The molecule has 0 radical (unpaired) electrons. The summed E-state index contributed by atoms with van der Waals surface area (Å²) in [6, 6.07) is 11.6. The molecule has 9 nitrogen and oxygen atoms in total. The molecule has 1 amide bonds. The van der Waals surface area contributed by atoms with E-state index < -0.39 is 0 Å². The highest BCUT2D eigenvalue weighted by atomic mass is 16.5. The minimum absolute atomic E-state index is 0.0727. The smallest absolute Gasteiger partial charge is 0.241 e. The van der Waals surface area contributed by atoms with Crippen molar-refractivity contribution in [2.24, 2.45) is 5.92 Å². The molecule has 9 heteroatoms. The number of rotatable bonds is 7. The Morgan fingerprint density at radius 1 is 1.16 bits per heavy atom. The number of likely N-dealkylation sites (tertiary alicyclic amines) is 1. The van der Waals surface area contributed by atoms with Gasteiger partial charge in [-0.3, -0.25) is 9.69 Å². The highest BCUT2D eigenvalue weighted by Crippen LogP contribution is 2.40. The van der Waals surface area contributed by atoms with Gasteiger partial charge >= 0.3 is 0 Å². The van der Waals surface area contributed by atoms with Gasteiger partial charge < -0.3 is 24.1 Å². The van der Waals surface area contributed by atoms with E-state index in [1.54, 1.807) is 14.2 Å². The highest BCUT2D eigenvalue weighted by molar-refractivity contribution is 5.79. The molecule has 3 heterocycles. The number of amides is 1. The molecule has 1 fully saturated rings. The third-order valence-corrected chi connectivity index (χ3v) is 7.28. The number of piperidine rings is 1. The summed E-state index contributed by atoms with van der Waals surface area (Å²) in [4.78, 5) is 20.2. The number of nitrogens with zero attached hydrogens (tertiary/aromatic N) is 3. The standard InChI is InChI=1S/C29H36N4O5/c1-18-8-10-23-21(13-18)22(15-29(2,3)37-23)30-28(34)20-7-6-12-33(16-20)17-26-31-27(32-38-26)19-9-11-24(35-4)25(14-19)36-5/h8-11,13-14,20,22H,6-7,12,15-17H2,1-5H3,(H,30,34). The second-order valence-corrected chi connectivity index (χ2v) is 10.8. The molecular weight excluding hydrogens is 484 g/mol. The van der Waals surface area contributed by atoms with Crippen LogP contribution in [0.5, 0.6) is 17.2 Å². The maximum Gasteiger partial charge on any atom is 0.241 e. The van der Waals surface area contributed by atoms with Gasteiger partial charge in [-0.2, -0.15) is 4.98 Å². The Balaban J connectivity index is 1.23. The summed E-state index contributed by atoms with van der Waals surface area (Å²) in [5, 5.41) is 7.49. The normalized spacial score (nSPS) is 20.8. The van der Waals surface area contributed by atoms with Crippen LogP contribution in [0.15, 0.2) is 40.9 Å². The topological polar surface area (TPSA) is 99.0 Å². The summed E-state index contributed by atoms with van der Waals surface area (Å²) >= 11 is 0. The van der Waals surface area contributed by atoms with Crippen molar-refractivity contribution in [2.45, 2.75) is 58.2 Å². The van der Waals surface area contributed by atoms with Gasteiger partial charge in [-0.05, 0) is 64.4 Å². The average molecular weight is 521 g/mol. The maximum atomic E-state index is 13.4. The number of aromatic nitrogens is 2. The van der Waals surface area contributed by atoms with Crippen molar-refractivity contribution in [1.29, 1.82) is 0 Å². The molecule has 2 aromatic carbocycles. The van der Waals surface area contributed by atoms with E-state index in [0.29, 0.717) is 36.3 Å². The first-order valence-electron chi connectivity index (χ1n) is 13.1. The van der Waals surface area contributed by atoms with Gasteiger partial charge in [0.25, 0.3) is 0 Å². The molecule has 202 valence electrons. The van der Waals surface area contributed by atoms with Crippen molar-refractivity contribution in [3.8, 4) is 28.6 Å². The number of hydrogen-bond acceptors (Lipinski definition) is 8. The Kier molecular flexibility index (Phi) is 7.29. The fraction of sp³-hybridized carbons (Fsp3) is 0.483. The number of hydrogen-bond donors (Lipinski definition) is 1. The van der Waals surface area contributed by atoms with E-state index in [9.17, 15) is 4.79 Å². The number of carbonyl (C=O) groups is 1. The molecule has 2 aliphatic rings. The van der Waals surface area contributed by atoms with Crippen molar-refractivity contribution in [2.75, 3.05) is 27.3 Å². The van der Waals surface area contributed by atoms with E-state index in [1.165, 1.54) is 0 Å². The van der Waals surface area contributed by atoms with Crippen molar-refractivity contribution in [3.05, 3.63) is 53.4 Å². The van der Waals surface area contributed by atoms with Crippen LogP contribution < -0.4 is 19.5 Å². The number of ether oxygens (including phenoxy) is 3. The average Bonchev–Trinajstić information content (AvgIpc) is 3.36. The molecule has 2 aliphatic heterocycles. The van der Waals surface area contributed by atoms with E-state index >= 15 is 0 Å². The molecule has 0 bridgehead atoms. The fourth-order valence-electron chi connectivity index (χ4n) is 5.41. The Morgan fingerprint density at radius 2 is 1.97 bits per heavy atom. The summed E-state index contributed by atoms with van der Waals surface area (Å²) in [5.74, 6) is 3.09. The highest BCUT2D eigenvalue weighted by Gasteiger charge is 2.36. The Morgan fingerprint density at radius 3 is 2.76 bits per heavy atom. The summed E-state index contributed by atoms with van der Waals surface area (Å²) in [5.41, 5.74) is 2.65. The molecule has 1 N–H and O–H groups in total. The molecule has 1 saturated heterocycles. The van der Waals surface area contributed by atoms with Gasteiger partial charge in [-0.15, -0.1) is 0 Å². The zero-order chi connectivity index (χ0) is 26.9. The lowest BCUT2D eigenvalue weighted by Gasteiger charge is -2.39. The lowest BCUT2D eigenvalue weighted by molar-refractivity contribution is -0.128. The predicted molar refractivity (Wildman–Crippen MR) is 142 cm³/mol. The number of methoxy groups -OCH3 is 2. The number of carbonyl (C=O) groups excluding carboxylic acids is 1. The molecule has 2 unspecified atom stereocenters. The molecular formula is C29H36N4O5. The largest absolute Gasteiger partial charge is 0.493 e. The Hall–Kier alpha value is -3.59. The van der Waals surface area contributed by atoms with Gasteiger partial charge in [0.15, 0.2) is 11.5 Å². The number of aryl methyl sites for hydroxylation is 1. The number of fused-ring (bicyclic) bond motifs is 1. The molecule has 0 saturated carbocycles. The third kappa shape index (κ3) is 5.62. The first-order valence-corrected chi connectivity index (χ1v) is 13.1. The van der Waals surface area contributed by atoms with E-state index in [0.717, 1.165) is 48.2 Å².